The molecule has 0 aromatic carbocycles. The molecule has 0 aliphatic carbocycles. The first-order valence-electron chi connectivity index (χ1n) is 14.2. The van der Waals surface area contributed by atoms with Gasteiger partial charge in [0.15, 0.2) is 0 Å². The second kappa shape index (κ2) is 26.7. The molecule has 10 nitrogen and oxygen atoms in total. The van der Waals surface area contributed by atoms with Gasteiger partial charge in [0.2, 0.25) is 0 Å². The van der Waals surface area contributed by atoms with Gasteiger partial charge < -0.3 is 43.4 Å². The molecule has 0 rings (SSSR count). The molecule has 0 heterocycles. The Labute approximate surface area is 217 Å². The van der Waals surface area contributed by atoms with Gasteiger partial charge in [-0.15, -0.1) is 0 Å². The third kappa shape index (κ3) is 22.5. The molecule has 10 N–H and O–H groups in total. The Morgan fingerprint density at radius 2 is 0.943 bits per heavy atom. The summed E-state index contributed by atoms with van der Waals surface area (Å²) in [5, 5.41) is 7.05. The highest BCUT2D eigenvalue weighted by atomic mass is 15.2. The fraction of sp³-hybridized carbons (Fsp3) is 1.00. The Morgan fingerprint density at radius 1 is 0.457 bits per heavy atom. The molecule has 0 amide bonds. The molecule has 0 aromatic rings. The number of hydrogen-bond acceptors (Lipinski definition) is 10. The summed E-state index contributed by atoms with van der Waals surface area (Å²) < 4.78 is 0. The van der Waals surface area contributed by atoms with Gasteiger partial charge in [-0.2, -0.15) is 0 Å². The Morgan fingerprint density at radius 3 is 1.46 bits per heavy atom. The lowest BCUT2D eigenvalue weighted by atomic mass is 10.2. The predicted molar refractivity (Wildman–Crippen MR) is 153 cm³/mol. The Bertz CT molecular complexity index is 410. The van der Waals surface area contributed by atoms with Crippen molar-refractivity contribution in [1.29, 1.82) is 0 Å². The summed E-state index contributed by atoms with van der Waals surface area (Å²) in [4.78, 5) is 9.90. The summed E-state index contributed by atoms with van der Waals surface area (Å²) >= 11 is 0. The van der Waals surface area contributed by atoms with Crippen LogP contribution in [0.25, 0.3) is 0 Å². The van der Waals surface area contributed by atoms with Crippen LogP contribution in [-0.2, 0) is 0 Å². The van der Waals surface area contributed by atoms with E-state index in [1.165, 1.54) is 32.2 Å². The van der Waals surface area contributed by atoms with Crippen LogP contribution in [0.15, 0.2) is 0 Å². The van der Waals surface area contributed by atoms with E-state index in [2.05, 4.69) is 44.2 Å². The second-order valence-electron chi connectivity index (χ2n) is 9.54. The summed E-state index contributed by atoms with van der Waals surface area (Å²) in [5.74, 6) is 0. The van der Waals surface area contributed by atoms with E-state index in [0.717, 1.165) is 91.6 Å². The van der Waals surface area contributed by atoms with E-state index in [1.807, 2.05) is 0 Å². The first kappa shape index (κ1) is 34.6. The lowest BCUT2D eigenvalue weighted by molar-refractivity contribution is 0.175. The van der Waals surface area contributed by atoms with Crippen molar-refractivity contribution in [1.82, 2.24) is 30.2 Å². The van der Waals surface area contributed by atoms with Crippen molar-refractivity contribution in [2.75, 3.05) is 131 Å². The molecule has 212 valence electrons. The third-order valence-electron chi connectivity index (χ3n) is 6.40. The molecular formula is C25H62N10. The molecule has 0 spiro atoms. The molecule has 0 unspecified atom stereocenters. The number of nitrogens with one attached hydrogen (secondary N) is 2. The van der Waals surface area contributed by atoms with Gasteiger partial charge in [-0.3, -0.25) is 9.80 Å². The molecule has 0 aliphatic rings. The van der Waals surface area contributed by atoms with Gasteiger partial charge in [-0.05, 0) is 20.0 Å². The van der Waals surface area contributed by atoms with Gasteiger partial charge in [-0.1, -0.05) is 26.2 Å². The van der Waals surface area contributed by atoms with E-state index < -0.39 is 0 Å². The maximum Gasteiger partial charge on any atom is 0.0110 e. The Hall–Kier alpha value is -0.400. The summed E-state index contributed by atoms with van der Waals surface area (Å²) in [7, 11) is 2.13. The van der Waals surface area contributed by atoms with Gasteiger partial charge in [0.05, 0.1) is 0 Å². The normalized spacial score (nSPS) is 12.2. The zero-order valence-corrected chi connectivity index (χ0v) is 23.4. The second-order valence-corrected chi connectivity index (χ2v) is 9.54. The number of rotatable bonds is 28. The summed E-state index contributed by atoms with van der Waals surface area (Å²) in [6.07, 6.45) is 5.19. The highest BCUT2D eigenvalue weighted by molar-refractivity contribution is 4.69. The van der Waals surface area contributed by atoms with Crippen LogP contribution in [0.1, 0.15) is 32.6 Å². The summed E-state index contributed by atoms with van der Waals surface area (Å²) in [5.41, 5.74) is 22.9. The van der Waals surface area contributed by atoms with Crippen LogP contribution < -0.4 is 33.6 Å². The van der Waals surface area contributed by atoms with Gasteiger partial charge >= 0.3 is 0 Å². The fourth-order valence-electron chi connectivity index (χ4n) is 4.13. The van der Waals surface area contributed by atoms with E-state index in [9.17, 15) is 0 Å². The zero-order chi connectivity index (χ0) is 26.0. The standard InChI is InChI=1S/C25H62N10/c1-3-4-5-6-15-33(22-24-34(17-9-28)18-10-29)23-25-35(20-13-30-11-7-26)21-14-31-12-19-32(2)16-8-27/h30-31H,3-29H2,1-2H3. The van der Waals surface area contributed by atoms with Crippen molar-refractivity contribution in [2.24, 2.45) is 22.9 Å². The molecule has 0 aliphatic heterocycles. The number of unbranched alkanes of at least 4 members (excludes halogenated alkanes) is 3. The molecule has 0 fully saturated rings. The smallest absolute Gasteiger partial charge is 0.0110 e. The van der Waals surface area contributed by atoms with Crippen LogP contribution in [0, 0.1) is 0 Å². The number of nitrogens with zero attached hydrogens (tertiary/aromatic N) is 4. The van der Waals surface area contributed by atoms with Crippen molar-refractivity contribution < 1.29 is 0 Å². The fourth-order valence-corrected chi connectivity index (χ4v) is 4.13. The van der Waals surface area contributed by atoms with Crippen LogP contribution >= 0.6 is 0 Å². The maximum atomic E-state index is 5.81. The van der Waals surface area contributed by atoms with Crippen LogP contribution in [0.5, 0.6) is 0 Å². The Balaban J connectivity index is 4.68. The first-order valence-corrected chi connectivity index (χ1v) is 14.2. The molecule has 0 aromatic heterocycles. The minimum atomic E-state index is 0.686. The number of hydrogen-bond donors (Lipinski definition) is 6. The lowest BCUT2D eigenvalue weighted by Gasteiger charge is -2.30. The highest BCUT2D eigenvalue weighted by Crippen LogP contribution is 2.03. The van der Waals surface area contributed by atoms with E-state index in [4.69, 9.17) is 22.9 Å². The Kier molecular flexibility index (Phi) is 26.4. The van der Waals surface area contributed by atoms with Gasteiger partial charge in [0, 0.05) is 118 Å². The third-order valence-corrected chi connectivity index (χ3v) is 6.40. The van der Waals surface area contributed by atoms with Crippen LogP contribution in [0.2, 0.25) is 0 Å². The van der Waals surface area contributed by atoms with E-state index in [0.29, 0.717) is 26.2 Å². The van der Waals surface area contributed by atoms with E-state index in [-0.39, 0.29) is 0 Å². The molecule has 0 atom stereocenters. The average molecular weight is 503 g/mol. The minimum Gasteiger partial charge on any atom is -0.329 e. The quantitative estimate of drug-likeness (QED) is 0.0694. The van der Waals surface area contributed by atoms with E-state index >= 15 is 0 Å². The molecule has 0 radical (unpaired) electrons. The van der Waals surface area contributed by atoms with Crippen LogP contribution in [0.4, 0.5) is 0 Å². The van der Waals surface area contributed by atoms with Crippen LogP contribution in [0.3, 0.4) is 0 Å². The largest absolute Gasteiger partial charge is 0.329 e. The SMILES string of the molecule is CCCCCCN(CCN(CCN)CCN)CCN(CCNCCN)CCNCCN(C)CCN. The lowest BCUT2D eigenvalue weighted by Crippen LogP contribution is -2.45. The molecule has 35 heavy (non-hydrogen) atoms. The monoisotopic (exact) mass is 503 g/mol. The molecular weight excluding hydrogens is 440 g/mol. The van der Waals surface area contributed by atoms with Crippen molar-refractivity contribution >= 4 is 0 Å². The molecule has 0 saturated carbocycles. The summed E-state index contributed by atoms with van der Waals surface area (Å²) in [6, 6.07) is 0. The van der Waals surface area contributed by atoms with Crippen molar-refractivity contribution in [2.45, 2.75) is 32.6 Å². The topological polar surface area (TPSA) is 141 Å². The number of likely N-dealkylation sites (N-methyl/N-ethyl adjacent to an activating group) is 1. The predicted octanol–water partition coefficient (Wildman–Crippen LogP) is -1.58. The van der Waals surface area contributed by atoms with Gasteiger partial charge in [0.25, 0.3) is 0 Å². The first-order chi connectivity index (χ1) is 17.1. The van der Waals surface area contributed by atoms with E-state index in [1.54, 1.807) is 0 Å². The average Bonchev–Trinajstić information content (AvgIpc) is 2.85. The minimum absolute atomic E-state index is 0.686. The molecule has 0 saturated heterocycles. The van der Waals surface area contributed by atoms with Crippen molar-refractivity contribution in [3.63, 3.8) is 0 Å². The van der Waals surface area contributed by atoms with Crippen LogP contribution in [-0.4, -0.2) is 151 Å². The highest BCUT2D eigenvalue weighted by Gasteiger charge is 2.12. The van der Waals surface area contributed by atoms with Gasteiger partial charge in [-0.25, -0.2) is 0 Å². The van der Waals surface area contributed by atoms with Crippen molar-refractivity contribution in [3.8, 4) is 0 Å². The zero-order valence-electron chi connectivity index (χ0n) is 23.4. The molecule has 10 heteroatoms. The van der Waals surface area contributed by atoms with Crippen molar-refractivity contribution in [3.05, 3.63) is 0 Å². The maximum absolute atomic E-state index is 5.81. The number of nitrogens with two attached hydrogens (primary N) is 4. The van der Waals surface area contributed by atoms with Gasteiger partial charge in [0.1, 0.15) is 0 Å². The summed E-state index contributed by atoms with van der Waals surface area (Å²) in [6.45, 7) is 20.3. The molecule has 0 bridgehead atoms.